The van der Waals surface area contributed by atoms with Gasteiger partial charge in [-0.05, 0) is 19.1 Å². The third-order valence-electron chi connectivity index (χ3n) is 4.07. The fourth-order valence-electron chi connectivity index (χ4n) is 2.65. The summed E-state index contributed by atoms with van der Waals surface area (Å²) in [6.07, 6.45) is 4.06. The van der Waals surface area contributed by atoms with E-state index in [2.05, 4.69) is 46.0 Å². The molecule has 2 heterocycles. The first kappa shape index (κ1) is 18.0. The Kier molecular flexibility index (Phi) is 5.58. The van der Waals surface area contributed by atoms with Crippen molar-refractivity contribution in [3.05, 3.63) is 90.3 Å². The second-order valence-electron chi connectivity index (χ2n) is 6.02. The minimum Gasteiger partial charge on any atom is -1.00 e. The fraction of sp³-hybridized carbons (Fsp3) is 0.0952. The van der Waals surface area contributed by atoms with E-state index in [4.69, 9.17) is 4.42 Å². The van der Waals surface area contributed by atoms with Crippen LogP contribution in [0.1, 0.15) is 11.1 Å². The highest BCUT2D eigenvalue weighted by molar-refractivity contribution is 5.56. The van der Waals surface area contributed by atoms with Crippen molar-refractivity contribution in [3.63, 3.8) is 0 Å². The van der Waals surface area contributed by atoms with Gasteiger partial charge in [0.05, 0.1) is 5.56 Å². The van der Waals surface area contributed by atoms with Crippen molar-refractivity contribution in [2.75, 3.05) is 0 Å². The molecule has 4 nitrogen and oxygen atoms in total. The average Bonchev–Trinajstić information content (AvgIpc) is 3.15. The smallest absolute Gasteiger partial charge is 0.248 e. The van der Waals surface area contributed by atoms with Crippen LogP contribution in [0.5, 0.6) is 0 Å². The van der Waals surface area contributed by atoms with Gasteiger partial charge in [0.15, 0.2) is 18.9 Å². The number of hydrogen-bond donors (Lipinski definition) is 0. The fourth-order valence-corrected chi connectivity index (χ4v) is 2.65. The van der Waals surface area contributed by atoms with Gasteiger partial charge in [-0.15, -0.1) is 10.2 Å². The predicted molar refractivity (Wildman–Crippen MR) is 95.6 cm³/mol. The minimum atomic E-state index is 0. The van der Waals surface area contributed by atoms with E-state index in [0.29, 0.717) is 11.8 Å². The SMILES string of the molecule is Cc1ccc(C[n+]2ccc(-c3nnc(-c4ccccc4)o3)cc2)cc1.[Br-]. The summed E-state index contributed by atoms with van der Waals surface area (Å²) in [5, 5.41) is 8.30. The van der Waals surface area contributed by atoms with Crippen LogP contribution in [0.4, 0.5) is 0 Å². The first-order chi connectivity index (χ1) is 12.3. The summed E-state index contributed by atoms with van der Waals surface area (Å²) >= 11 is 0. The standard InChI is InChI=1S/C21H18N3O.BrH/c1-16-7-9-17(10-8-16)15-24-13-11-19(12-14-24)21-23-22-20(25-21)18-5-3-2-4-6-18;/h2-14H,15H2,1H3;1H/q+1;/p-1. The van der Waals surface area contributed by atoms with Crippen LogP contribution in [0.3, 0.4) is 0 Å². The molecule has 2 aromatic carbocycles. The maximum absolute atomic E-state index is 5.80. The summed E-state index contributed by atoms with van der Waals surface area (Å²) in [5.41, 5.74) is 4.38. The quantitative estimate of drug-likeness (QED) is 0.475. The highest BCUT2D eigenvalue weighted by atomic mass is 79.9. The number of halogens is 1. The molecule has 0 spiro atoms. The molecule has 0 saturated heterocycles. The molecular formula is C21H18BrN3O. The van der Waals surface area contributed by atoms with Gasteiger partial charge >= 0.3 is 0 Å². The third kappa shape index (κ3) is 4.06. The van der Waals surface area contributed by atoms with Crippen molar-refractivity contribution < 1.29 is 26.0 Å². The second kappa shape index (κ2) is 8.06. The van der Waals surface area contributed by atoms with E-state index in [-0.39, 0.29) is 17.0 Å². The summed E-state index contributed by atoms with van der Waals surface area (Å²) < 4.78 is 7.92. The number of aromatic nitrogens is 3. The zero-order valence-electron chi connectivity index (χ0n) is 14.3. The van der Waals surface area contributed by atoms with Gasteiger partial charge in [-0.3, -0.25) is 0 Å². The Bertz CT molecular complexity index is 964. The van der Waals surface area contributed by atoms with Crippen LogP contribution in [0.2, 0.25) is 0 Å². The summed E-state index contributed by atoms with van der Waals surface area (Å²) in [6, 6.07) is 22.3. The zero-order chi connectivity index (χ0) is 17.1. The van der Waals surface area contributed by atoms with Crippen molar-refractivity contribution in [2.45, 2.75) is 13.5 Å². The van der Waals surface area contributed by atoms with E-state index < -0.39 is 0 Å². The van der Waals surface area contributed by atoms with Crippen LogP contribution in [0, 0.1) is 6.92 Å². The van der Waals surface area contributed by atoms with Gasteiger partial charge in [0, 0.05) is 23.3 Å². The number of nitrogens with zero attached hydrogens (tertiary/aromatic N) is 3. The number of benzene rings is 2. The first-order valence-corrected chi connectivity index (χ1v) is 8.22. The van der Waals surface area contributed by atoms with E-state index in [9.17, 15) is 0 Å². The lowest BCUT2D eigenvalue weighted by Gasteiger charge is -1.99. The molecule has 0 fully saturated rings. The molecular weight excluding hydrogens is 390 g/mol. The molecule has 0 aliphatic heterocycles. The Morgan fingerprint density at radius 3 is 1.96 bits per heavy atom. The molecule has 0 unspecified atom stereocenters. The monoisotopic (exact) mass is 407 g/mol. The largest absolute Gasteiger partial charge is 1.00 e. The van der Waals surface area contributed by atoms with Crippen LogP contribution in [0.25, 0.3) is 22.9 Å². The average molecular weight is 408 g/mol. The third-order valence-corrected chi connectivity index (χ3v) is 4.07. The highest BCUT2D eigenvalue weighted by Gasteiger charge is 2.12. The van der Waals surface area contributed by atoms with Gasteiger partial charge in [0.2, 0.25) is 11.8 Å². The molecule has 5 heteroatoms. The molecule has 4 aromatic rings. The minimum absolute atomic E-state index is 0. The molecule has 26 heavy (non-hydrogen) atoms. The van der Waals surface area contributed by atoms with Crippen LogP contribution >= 0.6 is 0 Å². The molecule has 0 aliphatic carbocycles. The number of pyridine rings is 1. The molecule has 0 N–H and O–H groups in total. The van der Waals surface area contributed by atoms with Gasteiger partial charge in [-0.2, -0.15) is 0 Å². The van der Waals surface area contributed by atoms with Gasteiger partial charge in [0.25, 0.3) is 0 Å². The number of aryl methyl sites for hydroxylation is 1. The van der Waals surface area contributed by atoms with Gasteiger partial charge in [-0.1, -0.05) is 48.0 Å². The Labute approximate surface area is 162 Å². The summed E-state index contributed by atoms with van der Waals surface area (Å²) in [6.45, 7) is 2.93. The Hall–Kier alpha value is -2.79. The molecule has 0 radical (unpaired) electrons. The maximum atomic E-state index is 5.80. The highest BCUT2D eigenvalue weighted by Crippen LogP contribution is 2.22. The number of rotatable bonds is 4. The van der Waals surface area contributed by atoms with E-state index in [1.165, 1.54) is 11.1 Å². The lowest BCUT2D eigenvalue weighted by Crippen LogP contribution is -3.00. The molecule has 0 bridgehead atoms. The molecule has 0 amide bonds. The number of hydrogen-bond acceptors (Lipinski definition) is 3. The molecule has 130 valence electrons. The van der Waals surface area contributed by atoms with E-state index in [1.54, 1.807) is 0 Å². The van der Waals surface area contributed by atoms with Gasteiger partial charge in [-0.25, -0.2) is 4.57 Å². The summed E-state index contributed by atoms with van der Waals surface area (Å²) in [5.74, 6) is 1.06. The van der Waals surface area contributed by atoms with E-state index in [1.807, 2.05) is 54.9 Å². The Balaban J connectivity index is 0.00000196. The predicted octanol–water partition coefficient (Wildman–Crippen LogP) is 1.05. The zero-order valence-corrected chi connectivity index (χ0v) is 15.9. The normalized spacial score (nSPS) is 10.3. The maximum Gasteiger partial charge on any atom is 0.248 e. The summed E-state index contributed by atoms with van der Waals surface area (Å²) in [7, 11) is 0. The molecule has 4 rings (SSSR count). The van der Waals surface area contributed by atoms with Crippen LogP contribution in [-0.2, 0) is 6.54 Å². The van der Waals surface area contributed by atoms with Gasteiger partial charge in [0.1, 0.15) is 0 Å². The molecule has 0 atom stereocenters. The topological polar surface area (TPSA) is 42.8 Å². The second-order valence-corrected chi connectivity index (χ2v) is 6.02. The van der Waals surface area contributed by atoms with Crippen LogP contribution < -0.4 is 21.5 Å². The first-order valence-electron chi connectivity index (χ1n) is 8.22. The van der Waals surface area contributed by atoms with Crippen molar-refractivity contribution in [3.8, 4) is 22.9 Å². The van der Waals surface area contributed by atoms with Crippen molar-refractivity contribution in [1.82, 2.24) is 10.2 Å². The lowest BCUT2D eigenvalue weighted by atomic mass is 10.1. The lowest BCUT2D eigenvalue weighted by molar-refractivity contribution is -0.688. The molecule has 0 aliphatic rings. The van der Waals surface area contributed by atoms with Crippen molar-refractivity contribution >= 4 is 0 Å². The molecule has 2 aromatic heterocycles. The Morgan fingerprint density at radius 1 is 0.769 bits per heavy atom. The Morgan fingerprint density at radius 2 is 1.35 bits per heavy atom. The van der Waals surface area contributed by atoms with E-state index in [0.717, 1.165) is 17.7 Å². The van der Waals surface area contributed by atoms with Crippen molar-refractivity contribution in [1.29, 1.82) is 0 Å². The van der Waals surface area contributed by atoms with Crippen LogP contribution in [0.15, 0.2) is 83.5 Å². The summed E-state index contributed by atoms with van der Waals surface area (Å²) in [4.78, 5) is 0. The van der Waals surface area contributed by atoms with E-state index >= 15 is 0 Å². The molecule has 0 saturated carbocycles. The van der Waals surface area contributed by atoms with Crippen molar-refractivity contribution in [2.24, 2.45) is 0 Å². The van der Waals surface area contributed by atoms with Crippen LogP contribution in [-0.4, -0.2) is 10.2 Å². The van der Waals surface area contributed by atoms with Gasteiger partial charge < -0.3 is 21.4 Å².